The van der Waals surface area contributed by atoms with E-state index < -0.39 is 0 Å². The Morgan fingerprint density at radius 2 is 1.64 bits per heavy atom. The van der Waals surface area contributed by atoms with Crippen LogP contribution in [0.2, 0.25) is 0 Å². The van der Waals surface area contributed by atoms with E-state index >= 15 is 0 Å². The number of aromatic nitrogens is 3. The molecule has 0 aliphatic heterocycles. The van der Waals surface area contributed by atoms with E-state index in [0.29, 0.717) is 43.2 Å². The molecule has 1 aromatic heterocycles. The van der Waals surface area contributed by atoms with Gasteiger partial charge in [-0.3, -0.25) is 0 Å². The topological polar surface area (TPSA) is 136 Å². The summed E-state index contributed by atoms with van der Waals surface area (Å²) in [6, 6.07) is 15.1. The fourth-order valence-electron chi connectivity index (χ4n) is 2.44. The van der Waals surface area contributed by atoms with Gasteiger partial charge in [0.2, 0.25) is 17.8 Å². The molecule has 1 heterocycles. The van der Waals surface area contributed by atoms with Crippen molar-refractivity contribution in [2.75, 3.05) is 41.9 Å². The summed E-state index contributed by atoms with van der Waals surface area (Å²) in [5.41, 5.74) is 13.9. The van der Waals surface area contributed by atoms with E-state index in [0.717, 1.165) is 17.0 Å². The van der Waals surface area contributed by atoms with Crippen molar-refractivity contribution in [3.05, 3.63) is 54.1 Å². The van der Waals surface area contributed by atoms with Gasteiger partial charge in [-0.05, 0) is 35.9 Å². The van der Waals surface area contributed by atoms with Gasteiger partial charge >= 0.3 is 0 Å². The van der Waals surface area contributed by atoms with Crippen LogP contribution in [-0.4, -0.2) is 35.2 Å². The van der Waals surface area contributed by atoms with E-state index in [1.165, 1.54) is 0 Å². The maximum absolute atomic E-state index is 5.83. The summed E-state index contributed by atoms with van der Waals surface area (Å²) in [7, 11) is 1.64. The summed E-state index contributed by atoms with van der Waals surface area (Å²) in [6.45, 7) is 1.58. The number of rotatable bonds is 9. The second-order valence-electron chi connectivity index (χ2n) is 5.97. The molecule has 0 spiro atoms. The molecule has 3 aromatic rings. The summed E-state index contributed by atoms with van der Waals surface area (Å²) in [5, 5.41) is 9.44. The molecule has 0 atom stereocenters. The Labute approximate surface area is 163 Å². The molecule has 0 unspecified atom stereocenters. The molecule has 0 bridgehead atoms. The highest BCUT2D eigenvalue weighted by Gasteiger charge is 2.07. The van der Waals surface area contributed by atoms with Crippen molar-refractivity contribution in [2.24, 2.45) is 5.73 Å². The number of nitrogens with two attached hydrogens (primary N) is 2. The van der Waals surface area contributed by atoms with Crippen molar-refractivity contribution < 1.29 is 4.74 Å². The van der Waals surface area contributed by atoms with Crippen molar-refractivity contribution in [1.82, 2.24) is 15.0 Å². The zero-order valence-electron chi connectivity index (χ0n) is 15.6. The number of methoxy groups -OCH3 is 1. The Bertz CT molecular complexity index is 901. The van der Waals surface area contributed by atoms with Crippen LogP contribution in [-0.2, 0) is 6.54 Å². The van der Waals surface area contributed by atoms with E-state index in [1.807, 2.05) is 42.5 Å². The lowest BCUT2D eigenvalue weighted by molar-refractivity contribution is 0.414. The number of nitrogen functional groups attached to an aromatic ring is 1. The molecule has 146 valence electrons. The predicted molar refractivity (Wildman–Crippen MR) is 112 cm³/mol. The Kier molecular flexibility index (Phi) is 6.42. The summed E-state index contributed by atoms with van der Waals surface area (Å²) < 4.78 is 5.18. The average molecular weight is 380 g/mol. The molecule has 0 fully saturated rings. The third-order valence-corrected chi connectivity index (χ3v) is 3.82. The van der Waals surface area contributed by atoms with Crippen LogP contribution >= 0.6 is 0 Å². The maximum atomic E-state index is 5.83. The third-order valence-electron chi connectivity index (χ3n) is 3.82. The van der Waals surface area contributed by atoms with Crippen molar-refractivity contribution in [2.45, 2.75) is 6.54 Å². The van der Waals surface area contributed by atoms with Gasteiger partial charge in [-0.25, -0.2) is 0 Å². The molecule has 9 nitrogen and oxygen atoms in total. The first-order valence-corrected chi connectivity index (χ1v) is 8.85. The van der Waals surface area contributed by atoms with Gasteiger partial charge in [0, 0.05) is 31.0 Å². The standard InChI is InChI=1S/C19H24N8O/c1-28-16-7-5-13(6-8-16)12-23-18-25-17(22-10-9-20)26-19(27-18)24-15-4-2-3-14(21)11-15/h2-8,11H,9-10,12,20-21H2,1H3,(H3,22,23,24,25,26,27). The van der Waals surface area contributed by atoms with Crippen LogP contribution in [0.4, 0.5) is 29.2 Å². The van der Waals surface area contributed by atoms with Crippen molar-refractivity contribution in [3.63, 3.8) is 0 Å². The third kappa shape index (κ3) is 5.45. The van der Waals surface area contributed by atoms with Crippen molar-refractivity contribution in [1.29, 1.82) is 0 Å². The average Bonchev–Trinajstić information content (AvgIpc) is 2.71. The van der Waals surface area contributed by atoms with Crippen LogP contribution in [0.1, 0.15) is 5.56 Å². The van der Waals surface area contributed by atoms with E-state index in [-0.39, 0.29) is 0 Å². The van der Waals surface area contributed by atoms with Gasteiger partial charge in [0.05, 0.1) is 7.11 Å². The van der Waals surface area contributed by atoms with Crippen LogP contribution in [0.15, 0.2) is 48.5 Å². The molecule has 0 saturated carbocycles. The van der Waals surface area contributed by atoms with Gasteiger partial charge in [0.1, 0.15) is 5.75 Å². The molecule has 0 saturated heterocycles. The second kappa shape index (κ2) is 9.38. The van der Waals surface area contributed by atoms with Crippen LogP contribution in [0.25, 0.3) is 0 Å². The zero-order valence-corrected chi connectivity index (χ0v) is 15.6. The zero-order chi connectivity index (χ0) is 19.8. The molecular formula is C19H24N8O. The Morgan fingerprint density at radius 1 is 0.929 bits per heavy atom. The molecule has 0 radical (unpaired) electrons. The summed E-state index contributed by atoms with van der Waals surface area (Å²) >= 11 is 0. The molecule has 28 heavy (non-hydrogen) atoms. The number of nitrogens with one attached hydrogen (secondary N) is 3. The SMILES string of the molecule is COc1ccc(CNc2nc(NCCN)nc(Nc3cccc(N)c3)n2)cc1. The lowest BCUT2D eigenvalue weighted by Crippen LogP contribution is -2.16. The molecule has 2 aromatic carbocycles. The van der Waals surface area contributed by atoms with Crippen LogP contribution in [0.3, 0.4) is 0 Å². The fraction of sp³-hybridized carbons (Fsp3) is 0.211. The summed E-state index contributed by atoms with van der Waals surface area (Å²) in [6.07, 6.45) is 0. The molecule has 3 rings (SSSR count). The quantitative estimate of drug-likeness (QED) is 0.354. The van der Waals surface area contributed by atoms with Crippen LogP contribution < -0.4 is 32.2 Å². The van der Waals surface area contributed by atoms with Crippen molar-refractivity contribution in [3.8, 4) is 5.75 Å². The molecule has 9 heteroatoms. The van der Waals surface area contributed by atoms with E-state index in [1.54, 1.807) is 13.2 Å². The first-order chi connectivity index (χ1) is 13.7. The number of benzene rings is 2. The molecular weight excluding hydrogens is 356 g/mol. The summed E-state index contributed by atoms with van der Waals surface area (Å²) in [4.78, 5) is 13.2. The number of anilines is 5. The first-order valence-electron chi connectivity index (χ1n) is 8.85. The largest absolute Gasteiger partial charge is 0.497 e. The minimum atomic E-state index is 0.400. The van der Waals surface area contributed by atoms with Crippen molar-refractivity contribution >= 4 is 29.2 Å². The minimum Gasteiger partial charge on any atom is -0.497 e. The monoisotopic (exact) mass is 380 g/mol. The molecule has 0 amide bonds. The number of hydrogen-bond donors (Lipinski definition) is 5. The molecule has 0 aliphatic rings. The van der Waals surface area contributed by atoms with Gasteiger partial charge in [-0.2, -0.15) is 15.0 Å². The molecule has 0 aliphatic carbocycles. The highest BCUT2D eigenvalue weighted by molar-refractivity contribution is 5.60. The van der Waals surface area contributed by atoms with Gasteiger partial charge < -0.3 is 32.2 Å². The van der Waals surface area contributed by atoms with E-state index in [2.05, 4.69) is 30.9 Å². The maximum Gasteiger partial charge on any atom is 0.233 e. The second-order valence-corrected chi connectivity index (χ2v) is 5.97. The van der Waals surface area contributed by atoms with E-state index in [4.69, 9.17) is 16.2 Å². The normalized spacial score (nSPS) is 10.4. The highest BCUT2D eigenvalue weighted by Crippen LogP contribution is 2.18. The van der Waals surface area contributed by atoms with Crippen LogP contribution in [0, 0.1) is 0 Å². The summed E-state index contributed by atoms with van der Waals surface area (Å²) in [5.74, 6) is 2.09. The lowest BCUT2D eigenvalue weighted by Gasteiger charge is -2.11. The van der Waals surface area contributed by atoms with Gasteiger partial charge in [-0.1, -0.05) is 18.2 Å². The van der Waals surface area contributed by atoms with Gasteiger partial charge in [0.25, 0.3) is 0 Å². The number of ether oxygens (including phenoxy) is 1. The highest BCUT2D eigenvalue weighted by atomic mass is 16.5. The number of hydrogen-bond acceptors (Lipinski definition) is 9. The first kappa shape index (κ1) is 19.2. The Morgan fingerprint density at radius 3 is 2.32 bits per heavy atom. The minimum absolute atomic E-state index is 0.400. The smallest absolute Gasteiger partial charge is 0.233 e. The lowest BCUT2D eigenvalue weighted by atomic mass is 10.2. The molecule has 7 N–H and O–H groups in total. The number of nitrogens with zero attached hydrogens (tertiary/aromatic N) is 3. The fourth-order valence-corrected chi connectivity index (χ4v) is 2.44. The Hall–Kier alpha value is -3.59. The Balaban J connectivity index is 1.76. The van der Waals surface area contributed by atoms with E-state index in [9.17, 15) is 0 Å². The van der Waals surface area contributed by atoms with Crippen LogP contribution in [0.5, 0.6) is 5.75 Å². The van der Waals surface area contributed by atoms with Gasteiger partial charge in [0.15, 0.2) is 0 Å². The predicted octanol–water partition coefficient (Wildman–Crippen LogP) is 2.19. The van der Waals surface area contributed by atoms with Gasteiger partial charge in [-0.15, -0.1) is 0 Å².